The van der Waals surface area contributed by atoms with Gasteiger partial charge in [-0.3, -0.25) is 19.3 Å². The van der Waals surface area contributed by atoms with Crippen molar-refractivity contribution in [2.45, 2.75) is 36.2 Å². The second-order valence-corrected chi connectivity index (χ2v) is 14.7. The first kappa shape index (κ1) is 37.5. The number of ether oxygens (including phenoxy) is 2. The average Bonchev–Trinajstić information content (AvgIpc) is 3.92. The summed E-state index contributed by atoms with van der Waals surface area (Å²) in [7, 11) is 0. The fourth-order valence-electron chi connectivity index (χ4n) is 9.14. The second kappa shape index (κ2) is 15.7. The number of amides is 2. The van der Waals surface area contributed by atoms with Crippen LogP contribution in [0, 0.1) is 17.8 Å². The summed E-state index contributed by atoms with van der Waals surface area (Å²) in [5.74, 6) is 4.07. The van der Waals surface area contributed by atoms with Crippen LogP contribution in [0.2, 0.25) is 0 Å². The molecule has 3 N–H and O–H groups in total. The molecular formula is C47H40N6O6. The molecule has 2 saturated heterocycles. The van der Waals surface area contributed by atoms with Gasteiger partial charge in [0.2, 0.25) is 11.8 Å². The Kier molecular flexibility index (Phi) is 9.98. The number of fused-ring (bicyclic) bond motifs is 4. The third kappa shape index (κ3) is 6.41. The van der Waals surface area contributed by atoms with Crippen LogP contribution in [0.1, 0.15) is 46.0 Å². The van der Waals surface area contributed by atoms with E-state index in [1.54, 1.807) is 22.9 Å². The molecule has 4 heterocycles. The van der Waals surface area contributed by atoms with Crippen molar-refractivity contribution in [2.24, 2.45) is 5.92 Å². The molecule has 3 aliphatic heterocycles. The maximum absolute atomic E-state index is 15.3. The molecule has 6 aromatic rings. The molecule has 1 aromatic heterocycles. The minimum atomic E-state index is -1.70. The first-order valence-electron chi connectivity index (χ1n) is 19.5. The molecule has 0 radical (unpaired) electrons. The van der Waals surface area contributed by atoms with Crippen LogP contribution in [0.5, 0.6) is 5.75 Å². The number of hydrogen-bond acceptors (Lipinski definition) is 9. The van der Waals surface area contributed by atoms with E-state index in [4.69, 9.17) is 9.47 Å². The number of esters is 1. The number of rotatable bonds is 10. The topological polar surface area (TPSA) is 148 Å². The molecule has 12 nitrogen and oxygen atoms in total. The van der Waals surface area contributed by atoms with Gasteiger partial charge < -0.3 is 25.2 Å². The summed E-state index contributed by atoms with van der Waals surface area (Å²) in [6.45, 7) is 4.02. The van der Waals surface area contributed by atoms with Crippen molar-refractivity contribution >= 4 is 34.5 Å². The highest BCUT2D eigenvalue weighted by Crippen LogP contribution is 2.65. The number of carbonyl (C=O) groups excluding carboxylic acids is 3. The van der Waals surface area contributed by atoms with Gasteiger partial charge in [0.05, 0.1) is 30.1 Å². The molecule has 5 aromatic carbocycles. The molecule has 0 bridgehead atoms. The molecule has 3 aliphatic rings. The summed E-state index contributed by atoms with van der Waals surface area (Å²) in [6.07, 6.45) is 0.753. The molecule has 6 unspecified atom stereocenters. The zero-order valence-electron chi connectivity index (χ0n) is 31.9. The zero-order valence-corrected chi connectivity index (χ0v) is 31.9. The van der Waals surface area contributed by atoms with E-state index in [2.05, 4.69) is 39.4 Å². The molecule has 12 heteroatoms. The second-order valence-electron chi connectivity index (χ2n) is 14.7. The summed E-state index contributed by atoms with van der Waals surface area (Å²) in [6, 6.07) is 36.8. The molecule has 2 amide bonds. The standard InChI is InChI=1S/C47H40N6O6/c1-2-24-48-44(55)39-41-45(56)59-42(32-16-7-4-8-17-32)40(31-14-5-3-6-15-31)53(41)43(33-18-11-19-34(29-33)58-27-26-54)47(39)35-28-30(22-23-36(35)49-46(47)57)13-12-25-52-38-21-10-9-20-37(38)50-51-52/h2-11,14-23,28-29,39-43,54H,1,24-27H2,(H,48,55)(H,49,57). The van der Waals surface area contributed by atoms with Crippen molar-refractivity contribution in [3.63, 3.8) is 0 Å². The quantitative estimate of drug-likeness (QED) is 0.0941. The number of morpholine rings is 1. The van der Waals surface area contributed by atoms with Gasteiger partial charge in [0, 0.05) is 17.8 Å². The number of aliphatic hydroxyl groups excluding tert-OH is 1. The molecule has 9 rings (SSSR count). The number of aromatic nitrogens is 3. The maximum Gasteiger partial charge on any atom is 0.324 e. The van der Waals surface area contributed by atoms with E-state index in [1.165, 1.54) is 0 Å². The van der Waals surface area contributed by atoms with Gasteiger partial charge in [-0.25, -0.2) is 4.68 Å². The van der Waals surface area contributed by atoms with Crippen molar-refractivity contribution in [1.82, 2.24) is 25.2 Å². The number of para-hydroxylation sites is 1. The Morgan fingerprint density at radius 3 is 2.44 bits per heavy atom. The number of hydrogen-bond donors (Lipinski definition) is 3. The van der Waals surface area contributed by atoms with E-state index in [0.717, 1.165) is 22.2 Å². The average molecular weight is 785 g/mol. The lowest BCUT2D eigenvalue weighted by Crippen LogP contribution is -2.54. The summed E-state index contributed by atoms with van der Waals surface area (Å²) < 4.78 is 14.1. The molecule has 1 spiro atoms. The lowest BCUT2D eigenvalue weighted by atomic mass is 9.65. The first-order valence-corrected chi connectivity index (χ1v) is 19.5. The molecule has 59 heavy (non-hydrogen) atoms. The normalized spacial score (nSPS) is 23.1. The number of anilines is 1. The number of benzene rings is 5. The van der Waals surface area contributed by atoms with Crippen LogP contribution in [-0.4, -0.2) is 68.6 Å². The highest BCUT2D eigenvalue weighted by molar-refractivity contribution is 6.12. The van der Waals surface area contributed by atoms with Crippen molar-refractivity contribution in [2.75, 3.05) is 25.1 Å². The van der Waals surface area contributed by atoms with Crippen molar-refractivity contribution in [1.29, 1.82) is 0 Å². The van der Waals surface area contributed by atoms with Gasteiger partial charge in [0.25, 0.3) is 0 Å². The Morgan fingerprint density at radius 2 is 1.66 bits per heavy atom. The lowest BCUT2D eigenvalue weighted by molar-refractivity contribution is -0.178. The van der Waals surface area contributed by atoms with Gasteiger partial charge in [-0.1, -0.05) is 108 Å². The van der Waals surface area contributed by atoms with Crippen LogP contribution in [0.3, 0.4) is 0 Å². The smallest absolute Gasteiger partial charge is 0.324 e. The zero-order chi connectivity index (χ0) is 40.5. The summed E-state index contributed by atoms with van der Waals surface area (Å²) in [5, 5.41) is 24.2. The molecule has 0 saturated carbocycles. The maximum atomic E-state index is 15.3. The summed E-state index contributed by atoms with van der Waals surface area (Å²) in [4.78, 5) is 47.2. The first-order chi connectivity index (χ1) is 28.9. The van der Waals surface area contributed by atoms with E-state index in [1.807, 2.05) is 120 Å². The Morgan fingerprint density at radius 1 is 0.915 bits per heavy atom. The largest absolute Gasteiger partial charge is 0.491 e. The van der Waals surface area contributed by atoms with Crippen LogP contribution in [0.15, 0.2) is 140 Å². The Hall–Kier alpha value is -7.07. The van der Waals surface area contributed by atoms with Gasteiger partial charge in [-0.05, 0) is 64.7 Å². The number of carbonyl (C=O) groups is 3. The van der Waals surface area contributed by atoms with E-state index in [9.17, 15) is 14.7 Å². The van der Waals surface area contributed by atoms with Gasteiger partial charge in [0.15, 0.2) is 0 Å². The summed E-state index contributed by atoms with van der Waals surface area (Å²) >= 11 is 0. The van der Waals surface area contributed by atoms with Crippen LogP contribution in [-0.2, 0) is 31.1 Å². The minimum Gasteiger partial charge on any atom is -0.491 e. The molecule has 6 atom stereocenters. The van der Waals surface area contributed by atoms with Gasteiger partial charge >= 0.3 is 5.97 Å². The number of nitrogens with zero attached hydrogens (tertiary/aromatic N) is 4. The van der Waals surface area contributed by atoms with Crippen molar-refractivity contribution < 1.29 is 29.0 Å². The highest BCUT2D eigenvalue weighted by atomic mass is 16.6. The van der Waals surface area contributed by atoms with Crippen LogP contribution in [0.25, 0.3) is 11.0 Å². The van der Waals surface area contributed by atoms with Gasteiger partial charge in [-0.15, -0.1) is 11.7 Å². The predicted octanol–water partition coefficient (Wildman–Crippen LogP) is 5.43. The Balaban J connectivity index is 1.27. The predicted molar refractivity (Wildman–Crippen MR) is 220 cm³/mol. The van der Waals surface area contributed by atoms with E-state index < -0.39 is 53.3 Å². The number of aliphatic hydroxyl groups is 1. The monoisotopic (exact) mass is 784 g/mol. The van der Waals surface area contributed by atoms with Crippen molar-refractivity contribution in [3.8, 4) is 17.6 Å². The van der Waals surface area contributed by atoms with E-state index in [-0.39, 0.29) is 26.3 Å². The Bertz CT molecular complexity index is 2640. The SMILES string of the molecule is C=CCNC(=O)C1C2C(=O)OC(c3ccccc3)C(c3ccccc3)N2C(c2cccc(OCCO)c2)C12C(=O)Nc1ccc(C#CCn3nnc4ccccc43)cc12. The highest BCUT2D eigenvalue weighted by Gasteiger charge is 2.74. The number of cyclic esters (lactones) is 1. The molecule has 0 aliphatic carbocycles. The van der Waals surface area contributed by atoms with Crippen LogP contribution in [0.4, 0.5) is 5.69 Å². The van der Waals surface area contributed by atoms with Gasteiger partial charge in [0.1, 0.15) is 42.0 Å². The minimum absolute atomic E-state index is 0.0446. The van der Waals surface area contributed by atoms with E-state index in [0.29, 0.717) is 28.1 Å². The Labute approximate surface area is 340 Å². The fourth-order valence-corrected chi connectivity index (χ4v) is 9.14. The summed E-state index contributed by atoms with van der Waals surface area (Å²) in [5.41, 5.74) is 3.76. The number of nitrogens with one attached hydrogen (secondary N) is 2. The van der Waals surface area contributed by atoms with Crippen LogP contribution < -0.4 is 15.4 Å². The third-order valence-electron chi connectivity index (χ3n) is 11.4. The third-order valence-corrected chi connectivity index (χ3v) is 11.4. The molecular weight excluding hydrogens is 745 g/mol. The fraction of sp³-hybridized carbons (Fsp3) is 0.213. The molecule has 294 valence electrons. The van der Waals surface area contributed by atoms with Crippen molar-refractivity contribution in [3.05, 3.63) is 168 Å². The van der Waals surface area contributed by atoms with Crippen LogP contribution >= 0.6 is 0 Å². The van der Waals surface area contributed by atoms with E-state index >= 15 is 4.79 Å². The lowest BCUT2D eigenvalue weighted by Gasteiger charge is -2.46. The van der Waals surface area contributed by atoms with Gasteiger partial charge in [-0.2, -0.15) is 0 Å². The molecule has 2 fully saturated rings.